The topological polar surface area (TPSA) is 28.2 Å². The Morgan fingerprint density at radius 1 is 1.30 bits per heavy atom. The van der Waals surface area contributed by atoms with Gasteiger partial charge < -0.3 is 10.2 Å². The summed E-state index contributed by atoms with van der Waals surface area (Å²) in [5, 5.41) is 3.43. The molecule has 1 N–H and O–H groups in total. The minimum Gasteiger partial charge on any atom is -0.357 e. The maximum Gasteiger partial charge on any atom is 0.128 e. The summed E-state index contributed by atoms with van der Waals surface area (Å²) in [4.78, 5) is 7.07. The zero-order valence-electron chi connectivity index (χ0n) is 13.2. The van der Waals surface area contributed by atoms with Crippen LogP contribution in [-0.2, 0) is 6.54 Å². The molecule has 0 spiro atoms. The number of rotatable bonds is 6. The third-order valence-electron chi connectivity index (χ3n) is 4.16. The summed E-state index contributed by atoms with van der Waals surface area (Å²) in [7, 11) is 0. The highest BCUT2D eigenvalue weighted by Gasteiger charge is 2.19. The third-order valence-corrected chi connectivity index (χ3v) is 4.16. The monoisotopic (exact) mass is 275 g/mol. The summed E-state index contributed by atoms with van der Waals surface area (Å²) < 4.78 is 0. The van der Waals surface area contributed by atoms with Crippen LogP contribution < -0.4 is 10.2 Å². The van der Waals surface area contributed by atoms with Crippen molar-refractivity contribution in [3.8, 4) is 0 Å². The lowest BCUT2D eigenvalue weighted by molar-refractivity contribution is 0.377. The average molecular weight is 275 g/mol. The maximum atomic E-state index is 4.64. The first-order chi connectivity index (χ1) is 9.69. The number of piperidine rings is 1. The van der Waals surface area contributed by atoms with E-state index in [0.29, 0.717) is 6.04 Å². The quantitative estimate of drug-likeness (QED) is 0.860. The first-order valence-electron chi connectivity index (χ1n) is 8.12. The highest BCUT2D eigenvalue weighted by molar-refractivity contribution is 5.39. The average Bonchev–Trinajstić information content (AvgIpc) is 2.47. The zero-order valence-corrected chi connectivity index (χ0v) is 13.2. The van der Waals surface area contributed by atoms with Crippen LogP contribution in [0.5, 0.6) is 0 Å². The number of nitrogens with zero attached hydrogens (tertiary/aromatic N) is 2. The van der Waals surface area contributed by atoms with E-state index in [1.54, 1.807) is 0 Å². The predicted molar refractivity (Wildman–Crippen MR) is 86.1 cm³/mol. The van der Waals surface area contributed by atoms with Crippen molar-refractivity contribution in [3.05, 3.63) is 23.9 Å². The predicted octanol–water partition coefficient (Wildman–Crippen LogP) is 3.60. The number of aromatic nitrogens is 1. The lowest BCUT2D eigenvalue weighted by Gasteiger charge is -2.32. The normalized spacial score (nSPS) is 16.9. The van der Waals surface area contributed by atoms with Crippen molar-refractivity contribution < 1.29 is 0 Å². The minimum absolute atomic E-state index is 0.521. The number of nitrogens with one attached hydrogen (secondary N) is 1. The van der Waals surface area contributed by atoms with Crippen molar-refractivity contribution in [1.82, 2.24) is 10.3 Å². The molecule has 0 aliphatic carbocycles. The molecule has 112 valence electrons. The highest BCUT2D eigenvalue weighted by Crippen LogP contribution is 2.24. The fourth-order valence-corrected chi connectivity index (χ4v) is 2.89. The van der Waals surface area contributed by atoms with E-state index in [2.05, 4.69) is 48.1 Å². The molecule has 1 aliphatic heterocycles. The molecule has 0 aromatic carbocycles. The fraction of sp³-hybridized carbons (Fsp3) is 0.706. The zero-order chi connectivity index (χ0) is 14.4. The summed E-state index contributed by atoms with van der Waals surface area (Å²) >= 11 is 0. The molecular weight excluding hydrogens is 246 g/mol. The molecule has 1 fully saturated rings. The number of hydrogen-bond acceptors (Lipinski definition) is 3. The van der Waals surface area contributed by atoms with Crippen molar-refractivity contribution in [1.29, 1.82) is 0 Å². The molecule has 0 atom stereocenters. The summed E-state index contributed by atoms with van der Waals surface area (Å²) in [6, 6.07) is 4.90. The molecule has 1 saturated heterocycles. The van der Waals surface area contributed by atoms with Crippen LogP contribution in [-0.4, -0.2) is 24.1 Å². The third kappa shape index (κ3) is 4.48. The van der Waals surface area contributed by atoms with E-state index in [-0.39, 0.29) is 0 Å². The van der Waals surface area contributed by atoms with Crippen LogP contribution in [0.3, 0.4) is 0 Å². The molecule has 1 aromatic rings. The van der Waals surface area contributed by atoms with Gasteiger partial charge in [-0.1, -0.05) is 39.7 Å². The molecular formula is C17H29N3. The Hall–Kier alpha value is -1.09. The molecule has 0 saturated carbocycles. The van der Waals surface area contributed by atoms with E-state index >= 15 is 0 Å². The molecule has 20 heavy (non-hydrogen) atoms. The van der Waals surface area contributed by atoms with Gasteiger partial charge in [-0.05, 0) is 30.4 Å². The van der Waals surface area contributed by atoms with Crippen molar-refractivity contribution in [2.45, 2.75) is 59.0 Å². The van der Waals surface area contributed by atoms with Crippen LogP contribution in [0.1, 0.15) is 52.0 Å². The molecule has 1 aromatic heterocycles. The van der Waals surface area contributed by atoms with Crippen LogP contribution >= 0.6 is 0 Å². The van der Waals surface area contributed by atoms with Gasteiger partial charge in [0.05, 0.1) is 0 Å². The largest absolute Gasteiger partial charge is 0.357 e. The van der Waals surface area contributed by atoms with E-state index < -0.39 is 0 Å². The van der Waals surface area contributed by atoms with Crippen molar-refractivity contribution in [2.75, 3.05) is 18.0 Å². The first-order valence-corrected chi connectivity index (χ1v) is 8.12. The van der Waals surface area contributed by atoms with Gasteiger partial charge in [0.25, 0.3) is 0 Å². The van der Waals surface area contributed by atoms with Gasteiger partial charge in [0, 0.05) is 31.9 Å². The van der Waals surface area contributed by atoms with E-state index in [0.717, 1.165) is 18.3 Å². The Balaban J connectivity index is 1.84. The van der Waals surface area contributed by atoms with Crippen LogP contribution in [0, 0.1) is 5.92 Å². The lowest BCUT2D eigenvalue weighted by Crippen LogP contribution is -2.34. The number of hydrogen-bond donors (Lipinski definition) is 1. The second-order valence-electron chi connectivity index (χ2n) is 6.28. The minimum atomic E-state index is 0.521. The first kappa shape index (κ1) is 15.3. The van der Waals surface area contributed by atoms with Gasteiger partial charge in [0.15, 0.2) is 0 Å². The standard InChI is InChI=1S/C17H29N3/c1-4-5-15-8-10-20(11-9-15)17-7-6-16(13-19-17)12-18-14(2)3/h6-7,13-15,18H,4-5,8-12H2,1-3H3. The van der Waals surface area contributed by atoms with Gasteiger partial charge in [-0.3, -0.25) is 0 Å². The van der Waals surface area contributed by atoms with Crippen molar-refractivity contribution in [2.24, 2.45) is 5.92 Å². The Labute approximate surface area is 123 Å². The number of pyridine rings is 1. The van der Waals surface area contributed by atoms with Gasteiger partial charge in [-0.2, -0.15) is 0 Å². The lowest BCUT2D eigenvalue weighted by atomic mass is 9.92. The molecule has 0 amide bonds. The second kappa shape index (κ2) is 7.63. The SMILES string of the molecule is CCCC1CCN(c2ccc(CNC(C)C)cn2)CC1. The Morgan fingerprint density at radius 3 is 2.60 bits per heavy atom. The van der Waals surface area contributed by atoms with Gasteiger partial charge in [-0.15, -0.1) is 0 Å². The highest BCUT2D eigenvalue weighted by atomic mass is 15.2. The van der Waals surface area contributed by atoms with Crippen LogP contribution in [0.4, 0.5) is 5.82 Å². The summed E-state index contributed by atoms with van der Waals surface area (Å²) in [5.74, 6) is 2.08. The molecule has 0 radical (unpaired) electrons. The molecule has 2 heterocycles. The molecule has 1 aliphatic rings. The molecule has 3 nitrogen and oxygen atoms in total. The van der Waals surface area contributed by atoms with Crippen LogP contribution in [0.2, 0.25) is 0 Å². The molecule has 0 unspecified atom stereocenters. The van der Waals surface area contributed by atoms with Crippen LogP contribution in [0.15, 0.2) is 18.3 Å². The Morgan fingerprint density at radius 2 is 2.05 bits per heavy atom. The van der Waals surface area contributed by atoms with Gasteiger partial charge in [0.2, 0.25) is 0 Å². The van der Waals surface area contributed by atoms with Gasteiger partial charge in [0.1, 0.15) is 5.82 Å². The van der Waals surface area contributed by atoms with Crippen LogP contribution in [0.25, 0.3) is 0 Å². The van der Waals surface area contributed by atoms with E-state index in [4.69, 9.17) is 0 Å². The molecule has 2 rings (SSSR count). The number of anilines is 1. The summed E-state index contributed by atoms with van der Waals surface area (Å²) in [6.45, 7) is 9.87. The van der Waals surface area contributed by atoms with Crippen molar-refractivity contribution >= 4 is 5.82 Å². The van der Waals surface area contributed by atoms with E-state index in [9.17, 15) is 0 Å². The molecule has 3 heteroatoms. The summed E-state index contributed by atoms with van der Waals surface area (Å²) in [6.07, 6.45) is 7.38. The van der Waals surface area contributed by atoms with E-state index in [1.165, 1.54) is 44.3 Å². The van der Waals surface area contributed by atoms with Gasteiger partial charge in [-0.25, -0.2) is 4.98 Å². The maximum absolute atomic E-state index is 4.64. The van der Waals surface area contributed by atoms with E-state index in [1.807, 2.05) is 6.20 Å². The van der Waals surface area contributed by atoms with Gasteiger partial charge >= 0.3 is 0 Å². The smallest absolute Gasteiger partial charge is 0.128 e. The summed E-state index contributed by atoms with van der Waals surface area (Å²) in [5.41, 5.74) is 1.27. The Bertz CT molecular complexity index is 378. The van der Waals surface area contributed by atoms with Crippen molar-refractivity contribution in [3.63, 3.8) is 0 Å². The fourth-order valence-electron chi connectivity index (χ4n) is 2.89. The molecule has 0 bridgehead atoms. The Kier molecular flexibility index (Phi) is 5.84. The second-order valence-corrected chi connectivity index (χ2v) is 6.28.